The first kappa shape index (κ1) is 7.03. The molecular formula is C3HN3O5S. The molecule has 1 aliphatic rings. The highest BCUT2D eigenvalue weighted by molar-refractivity contribution is 7.82. The van der Waals surface area contributed by atoms with Gasteiger partial charge in [-0.05, 0) is 10.1 Å². The number of fused-ring (bicyclic) bond motifs is 2. The molecule has 0 radical (unpaired) electrons. The SMILES string of the molecule is O=c1c2cnnn1OS(=O)(=O)O2. The number of hydrogen-bond donors (Lipinski definition) is 0. The maximum Gasteiger partial charge on any atom is 0.522 e. The Morgan fingerprint density at radius 3 is 2.92 bits per heavy atom. The van der Waals surface area contributed by atoms with E-state index in [1.165, 1.54) is 0 Å². The van der Waals surface area contributed by atoms with Crippen molar-refractivity contribution in [3.05, 3.63) is 16.6 Å². The topological polar surface area (TPSA) is 100 Å². The highest BCUT2D eigenvalue weighted by Crippen LogP contribution is 2.06. The van der Waals surface area contributed by atoms with E-state index >= 15 is 0 Å². The normalized spacial score (nSPS) is 17.7. The van der Waals surface area contributed by atoms with Gasteiger partial charge in [-0.2, -0.15) is 0 Å². The third-order valence-corrected chi connectivity index (χ3v) is 1.75. The predicted molar refractivity (Wildman–Crippen MR) is 32.4 cm³/mol. The molecule has 0 aromatic carbocycles. The highest BCUT2D eigenvalue weighted by atomic mass is 32.3. The van der Waals surface area contributed by atoms with E-state index in [0.717, 1.165) is 6.20 Å². The van der Waals surface area contributed by atoms with E-state index in [2.05, 4.69) is 18.8 Å². The maximum absolute atomic E-state index is 10.9. The van der Waals surface area contributed by atoms with Crippen LogP contribution in [0.5, 0.6) is 5.75 Å². The number of rotatable bonds is 0. The number of aromatic nitrogens is 3. The molecule has 0 amide bonds. The zero-order chi connectivity index (χ0) is 8.77. The minimum absolute atomic E-state index is 0.230. The van der Waals surface area contributed by atoms with Crippen molar-refractivity contribution < 1.29 is 16.9 Å². The van der Waals surface area contributed by atoms with Gasteiger partial charge in [0.05, 0.1) is 0 Å². The lowest BCUT2D eigenvalue weighted by Crippen LogP contribution is -2.41. The lowest BCUT2D eigenvalue weighted by molar-refractivity contribution is 0.165. The van der Waals surface area contributed by atoms with E-state index in [-0.39, 0.29) is 4.85 Å². The summed E-state index contributed by atoms with van der Waals surface area (Å²) in [5, 5.41) is 6.31. The van der Waals surface area contributed by atoms with Crippen molar-refractivity contribution in [2.24, 2.45) is 0 Å². The quantitative estimate of drug-likeness (QED) is 0.454. The molecule has 12 heavy (non-hydrogen) atoms. The lowest BCUT2D eigenvalue weighted by Gasteiger charge is -2.11. The molecule has 2 bridgehead atoms. The second-order valence-electron chi connectivity index (χ2n) is 1.84. The first-order valence-corrected chi connectivity index (χ1v) is 4.01. The van der Waals surface area contributed by atoms with E-state index in [1.54, 1.807) is 0 Å². The second kappa shape index (κ2) is 1.94. The Balaban J connectivity index is 2.75. The van der Waals surface area contributed by atoms with E-state index in [9.17, 15) is 13.2 Å². The van der Waals surface area contributed by atoms with Gasteiger partial charge in [-0.3, -0.25) is 4.79 Å². The average molecular weight is 191 g/mol. The van der Waals surface area contributed by atoms with E-state index in [4.69, 9.17) is 0 Å². The Kier molecular flexibility index (Phi) is 1.14. The summed E-state index contributed by atoms with van der Waals surface area (Å²) in [6.45, 7) is 0. The summed E-state index contributed by atoms with van der Waals surface area (Å²) < 4.78 is 29.4. The van der Waals surface area contributed by atoms with Gasteiger partial charge in [0.2, 0.25) is 5.75 Å². The predicted octanol–water partition coefficient (Wildman–Crippen LogP) is -2.30. The van der Waals surface area contributed by atoms with Gasteiger partial charge >= 0.3 is 16.0 Å². The van der Waals surface area contributed by atoms with Crippen molar-refractivity contribution in [2.75, 3.05) is 0 Å². The fourth-order valence-corrected chi connectivity index (χ4v) is 1.27. The third-order valence-electron chi connectivity index (χ3n) is 1.05. The summed E-state index contributed by atoms with van der Waals surface area (Å²) in [6, 6.07) is 0. The Morgan fingerprint density at radius 2 is 2.25 bits per heavy atom. The van der Waals surface area contributed by atoms with Crippen LogP contribution >= 0.6 is 0 Å². The zero-order valence-corrected chi connectivity index (χ0v) is 6.18. The summed E-state index contributed by atoms with van der Waals surface area (Å²) in [5.41, 5.74) is -0.806. The van der Waals surface area contributed by atoms with E-state index < -0.39 is 21.7 Å². The van der Waals surface area contributed by atoms with Crippen LogP contribution in [0.2, 0.25) is 0 Å². The van der Waals surface area contributed by atoms with Gasteiger partial charge in [0.1, 0.15) is 6.20 Å². The third kappa shape index (κ3) is 0.906. The summed E-state index contributed by atoms with van der Waals surface area (Å²) >= 11 is 0. The molecule has 0 saturated heterocycles. The summed E-state index contributed by atoms with van der Waals surface area (Å²) in [4.78, 5) is 11.1. The monoisotopic (exact) mass is 191 g/mol. The van der Waals surface area contributed by atoms with E-state index in [0.29, 0.717) is 0 Å². The molecule has 0 atom stereocenters. The Bertz CT molecular complexity index is 442. The van der Waals surface area contributed by atoms with Gasteiger partial charge in [0.15, 0.2) is 0 Å². The lowest BCUT2D eigenvalue weighted by atomic mass is 10.6. The first-order valence-electron chi connectivity index (χ1n) is 2.68. The van der Waals surface area contributed by atoms with Gasteiger partial charge in [0.25, 0.3) is 0 Å². The number of hydrogen-bond acceptors (Lipinski definition) is 7. The average Bonchev–Trinajstić information content (AvgIpc) is 1.92. The molecule has 0 N–H and O–H groups in total. The molecule has 64 valence electrons. The van der Waals surface area contributed by atoms with E-state index in [1.807, 2.05) is 0 Å². The molecule has 1 aliphatic heterocycles. The molecule has 0 aliphatic carbocycles. The smallest absolute Gasteiger partial charge is 0.344 e. The molecular weight excluding hydrogens is 190 g/mol. The van der Waals surface area contributed by atoms with Crippen LogP contribution in [-0.2, 0) is 10.4 Å². The molecule has 0 unspecified atom stereocenters. The zero-order valence-electron chi connectivity index (χ0n) is 5.37. The first-order chi connectivity index (χ1) is 5.58. The van der Waals surface area contributed by atoms with Crippen LogP contribution in [0, 0.1) is 0 Å². The molecule has 1 aromatic heterocycles. The molecule has 0 fully saturated rings. The minimum atomic E-state index is -4.19. The second-order valence-corrected chi connectivity index (χ2v) is 2.97. The van der Waals surface area contributed by atoms with Crippen molar-refractivity contribution in [2.45, 2.75) is 0 Å². The van der Waals surface area contributed by atoms with Crippen molar-refractivity contribution in [1.82, 2.24) is 15.2 Å². The van der Waals surface area contributed by atoms with Crippen molar-refractivity contribution in [3.63, 3.8) is 0 Å². The van der Waals surface area contributed by atoms with Crippen molar-refractivity contribution in [3.8, 4) is 5.75 Å². The minimum Gasteiger partial charge on any atom is -0.344 e. The molecule has 2 rings (SSSR count). The number of nitrogens with zero attached hydrogens (tertiary/aromatic N) is 3. The largest absolute Gasteiger partial charge is 0.522 e. The fourth-order valence-electron chi connectivity index (χ4n) is 0.633. The van der Waals surface area contributed by atoms with Crippen LogP contribution in [0.1, 0.15) is 0 Å². The van der Waals surface area contributed by atoms with Gasteiger partial charge < -0.3 is 4.18 Å². The van der Waals surface area contributed by atoms with Crippen LogP contribution in [0.15, 0.2) is 11.0 Å². The van der Waals surface area contributed by atoms with Crippen LogP contribution in [0.4, 0.5) is 0 Å². The fraction of sp³-hybridized carbons (Fsp3) is 0. The van der Waals surface area contributed by atoms with Gasteiger partial charge in [-0.1, -0.05) is 0 Å². The standard InChI is InChI=1S/C3HN3O5S/c7-3-2-1-4-5-6(3)11-12(8,9)10-2/h1H. The molecule has 0 spiro atoms. The van der Waals surface area contributed by atoms with Crippen LogP contribution in [0.25, 0.3) is 0 Å². The summed E-state index contributed by atoms with van der Waals surface area (Å²) in [5.74, 6) is -0.434. The van der Waals surface area contributed by atoms with Crippen LogP contribution in [-0.4, -0.2) is 23.6 Å². The van der Waals surface area contributed by atoms with Crippen molar-refractivity contribution >= 4 is 10.4 Å². The molecule has 1 aromatic rings. The Hall–Kier alpha value is -1.64. The van der Waals surface area contributed by atoms with Gasteiger partial charge in [0, 0.05) is 0 Å². The Morgan fingerprint density at radius 1 is 1.50 bits per heavy atom. The maximum atomic E-state index is 10.9. The van der Waals surface area contributed by atoms with Crippen LogP contribution < -0.4 is 14.0 Å². The summed E-state index contributed by atoms with van der Waals surface area (Å²) in [6.07, 6.45) is 0.888. The van der Waals surface area contributed by atoms with Gasteiger partial charge in [-0.25, -0.2) is 4.28 Å². The highest BCUT2D eigenvalue weighted by Gasteiger charge is 2.27. The Labute approximate surface area is 65.6 Å². The molecule has 2 heterocycles. The summed E-state index contributed by atoms with van der Waals surface area (Å²) in [7, 11) is -4.19. The molecule has 0 saturated carbocycles. The van der Waals surface area contributed by atoms with Crippen molar-refractivity contribution in [1.29, 1.82) is 0 Å². The van der Waals surface area contributed by atoms with Crippen LogP contribution in [0.3, 0.4) is 0 Å². The molecule has 9 heteroatoms. The van der Waals surface area contributed by atoms with Gasteiger partial charge in [-0.15, -0.1) is 13.5 Å². The molecule has 8 nitrogen and oxygen atoms in total.